The minimum absolute atomic E-state index is 0.406. The average Bonchev–Trinajstić information content (AvgIpc) is 2.29. The topological polar surface area (TPSA) is 33.1 Å². The quantitative estimate of drug-likeness (QED) is 0.873. The molecule has 0 fully saturated rings. The lowest BCUT2D eigenvalue weighted by Gasteiger charge is -2.12. The number of nitrogens with zero attached hydrogens (tertiary/aromatic N) is 1. The Kier molecular flexibility index (Phi) is 3.10. The molecule has 5 heteroatoms. The number of benzene rings is 1. The first-order chi connectivity index (χ1) is 8.11. The maximum absolute atomic E-state index is 13.4. The van der Waals surface area contributed by atoms with Crippen molar-refractivity contribution >= 4 is 0 Å². The molecule has 0 bridgehead atoms. The summed E-state index contributed by atoms with van der Waals surface area (Å²) in [5.74, 6) is -2.70. The molecule has 0 saturated heterocycles. The molecule has 1 aromatic heterocycles. The van der Waals surface area contributed by atoms with Crippen molar-refractivity contribution in [2.45, 2.75) is 6.10 Å². The highest BCUT2D eigenvalue weighted by atomic mass is 19.1. The molecule has 0 radical (unpaired) electrons. The van der Waals surface area contributed by atoms with Crippen LogP contribution >= 0.6 is 0 Å². The van der Waals surface area contributed by atoms with Gasteiger partial charge in [-0.05, 0) is 24.3 Å². The van der Waals surface area contributed by atoms with Crippen LogP contribution in [0.5, 0.6) is 0 Å². The number of hydrogen-bond acceptors (Lipinski definition) is 2. The van der Waals surface area contributed by atoms with Crippen LogP contribution in [0.1, 0.15) is 17.4 Å². The molecule has 17 heavy (non-hydrogen) atoms. The lowest BCUT2D eigenvalue weighted by atomic mass is 10.0. The molecule has 2 nitrogen and oxygen atoms in total. The summed E-state index contributed by atoms with van der Waals surface area (Å²) in [6.45, 7) is 0. The SMILES string of the molecule is OC(c1ncccc1F)c1c(F)cccc1F. The lowest BCUT2D eigenvalue weighted by molar-refractivity contribution is 0.198. The van der Waals surface area contributed by atoms with Gasteiger partial charge in [-0.1, -0.05) is 6.07 Å². The van der Waals surface area contributed by atoms with Gasteiger partial charge in [0.1, 0.15) is 29.2 Å². The zero-order valence-electron chi connectivity index (χ0n) is 8.57. The maximum Gasteiger partial charge on any atom is 0.147 e. The van der Waals surface area contributed by atoms with E-state index in [0.29, 0.717) is 0 Å². The third-order valence-electron chi connectivity index (χ3n) is 2.32. The largest absolute Gasteiger partial charge is 0.382 e. The highest BCUT2D eigenvalue weighted by Crippen LogP contribution is 2.26. The maximum atomic E-state index is 13.4. The lowest BCUT2D eigenvalue weighted by Crippen LogP contribution is -2.09. The average molecular weight is 239 g/mol. The van der Waals surface area contributed by atoms with E-state index < -0.39 is 34.8 Å². The summed E-state index contributed by atoms with van der Waals surface area (Å²) in [4.78, 5) is 3.58. The van der Waals surface area contributed by atoms with Crippen molar-refractivity contribution in [3.05, 3.63) is 65.2 Å². The molecule has 1 atom stereocenters. The highest BCUT2D eigenvalue weighted by Gasteiger charge is 2.23. The van der Waals surface area contributed by atoms with Crippen molar-refractivity contribution in [2.75, 3.05) is 0 Å². The second-order valence-electron chi connectivity index (χ2n) is 3.41. The van der Waals surface area contributed by atoms with Gasteiger partial charge in [-0.2, -0.15) is 0 Å². The minimum atomic E-state index is -1.77. The van der Waals surface area contributed by atoms with Crippen LogP contribution in [0.2, 0.25) is 0 Å². The van der Waals surface area contributed by atoms with Crippen LogP contribution in [-0.4, -0.2) is 10.1 Å². The number of aromatic nitrogens is 1. The first kappa shape index (κ1) is 11.6. The molecule has 0 spiro atoms. The summed E-state index contributed by atoms with van der Waals surface area (Å²) in [7, 11) is 0. The van der Waals surface area contributed by atoms with Crippen molar-refractivity contribution in [2.24, 2.45) is 0 Å². The third kappa shape index (κ3) is 2.14. The molecule has 0 aliphatic heterocycles. The van der Waals surface area contributed by atoms with E-state index in [4.69, 9.17) is 0 Å². The van der Waals surface area contributed by atoms with Crippen molar-refractivity contribution < 1.29 is 18.3 Å². The summed E-state index contributed by atoms with van der Waals surface area (Å²) < 4.78 is 40.1. The van der Waals surface area contributed by atoms with Crippen LogP contribution in [0, 0.1) is 17.5 Å². The third-order valence-corrected chi connectivity index (χ3v) is 2.32. The van der Waals surface area contributed by atoms with Crippen molar-refractivity contribution in [3.8, 4) is 0 Å². The highest BCUT2D eigenvalue weighted by molar-refractivity contribution is 5.29. The molecule has 0 saturated carbocycles. The second kappa shape index (κ2) is 4.55. The van der Waals surface area contributed by atoms with E-state index in [9.17, 15) is 18.3 Å². The fourth-order valence-electron chi connectivity index (χ4n) is 1.51. The number of aliphatic hydroxyl groups excluding tert-OH is 1. The molecule has 1 heterocycles. The van der Waals surface area contributed by atoms with Crippen molar-refractivity contribution in [1.82, 2.24) is 4.98 Å². The Morgan fingerprint density at radius 1 is 0.941 bits per heavy atom. The summed E-state index contributed by atoms with van der Waals surface area (Å²) in [6, 6.07) is 5.52. The Morgan fingerprint density at radius 3 is 2.12 bits per heavy atom. The number of pyridine rings is 1. The molecule has 1 N–H and O–H groups in total. The van der Waals surface area contributed by atoms with Crippen molar-refractivity contribution in [1.29, 1.82) is 0 Å². The molecule has 88 valence electrons. The summed E-state index contributed by atoms with van der Waals surface area (Å²) in [6.07, 6.45) is -0.530. The fourth-order valence-corrected chi connectivity index (χ4v) is 1.51. The zero-order valence-corrected chi connectivity index (χ0v) is 8.57. The van der Waals surface area contributed by atoms with Gasteiger partial charge >= 0.3 is 0 Å². The van der Waals surface area contributed by atoms with Crippen LogP contribution in [-0.2, 0) is 0 Å². The monoisotopic (exact) mass is 239 g/mol. The first-order valence-corrected chi connectivity index (χ1v) is 4.83. The van der Waals surface area contributed by atoms with Gasteiger partial charge in [0, 0.05) is 6.20 Å². The Balaban J connectivity index is 2.51. The van der Waals surface area contributed by atoms with E-state index in [1.165, 1.54) is 12.3 Å². The van der Waals surface area contributed by atoms with E-state index in [0.717, 1.165) is 24.3 Å². The van der Waals surface area contributed by atoms with E-state index >= 15 is 0 Å². The summed E-state index contributed by atoms with van der Waals surface area (Å²) in [5, 5.41) is 9.75. The van der Waals surface area contributed by atoms with Crippen LogP contribution in [0.4, 0.5) is 13.2 Å². The van der Waals surface area contributed by atoms with Gasteiger partial charge in [0.15, 0.2) is 0 Å². The van der Waals surface area contributed by atoms with Gasteiger partial charge < -0.3 is 5.11 Å². The predicted molar refractivity (Wildman–Crippen MR) is 54.6 cm³/mol. The van der Waals surface area contributed by atoms with E-state index in [-0.39, 0.29) is 0 Å². The van der Waals surface area contributed by atoms with Gasteiger partial charge in [-0.15, -0.1) is 0 Å². The normalized spacial score (nSPS) is 12.5. The number of rotatable bonds is 2. The smallest absolute Gasteiger partial charge is 0.147 e. The molecule has 1 unspecified atom stereocenters. The molecule has 0 aliphatic rings. The van der Waals surface area contributed by atoms with Crippen molar-refractivity contribution in [3.63, 3.8) is 0 Å². The van der Waals surface area contributed by atoms with Crippen LogP contribution < -0.4 is 0 Å². The molecule has 0 amide bonds. The number of halogens is 3. The molecule has 0 aliphatic carbocycles. The fraction of sp³-hybridized carbons (Fsp3) is 0.0833. The molecule has 1 aromatic carbocycles. The first-order valence-electron chi connectivity index (χ1n) is 4.83. The molecule has 2 aromatic rings. The van der Waals surface area contributed by atoms with Crippen LogP contribution in [0.15, 0.2) is 36.5 Å². The standard InChI is InChI=1S/C12H8F3NO/c13-7-3-1-4-8(14)10(7)12(17)11-9(15)5-2-6-16-11/h1-6,12,17H. The van der Waals surface area contributed by atoms with Gasteiger partial charge in [-0.3, -0.25) is 4.98 Å². The van der Waals surface area contributed by atoms with E-state index in [1.54, 1.807) is 0 Å². The molecule has 2 rings (SSSR count). The van der Waals surface area contributed by atoms with Gasteiger partial charge in [-0.25, -0.2) is 13.2 Å². The van der Waals surface area contributed by atoms with Gasteiger partial charge in [0.2, 0.25) is 0 Å². The van der Waals surface area contributed by atoms with Gasteiger partial charge in [0.25, 0.3) is 0 Å². The zero-order chi connectivity index (χ0) is 12.4. The molecular formula is C12H8F3NO. The second-order valence-corrected chi connectivity index (χ2v) is 3.41. The van der Waals surface area contributed by atoms with Crippen LogP contribution in [0.3, 0.4) is 0 Å². The summed E-state index contributed by atoms with van der Waals surface area (Å²) >= 11 is 0. The van der Waals surface area contributed by atoms with Gasteiger partial charge in [0.05, 0.1) is 5.56 Å². The van der Waals surface area contributed by atoms with E-state index in [2.05, 4.69) is 4.98 Å². The Hall–Kier alpha value is -1.88. The number of aliphatic hydroxyl groups is 1. The Labute approximate surface area is 95.4 Å². The Morgan fingerprint density at radius 2 is 1.53 bits per heavy atom. The van der Waals surface area contributed by atoms with Crippen LogP contribution in [0.25, 0.3) is 0 Å². The summed E-state index contributed by atoms with van der Waals surface area (Å²) in [5.41, 5.74) is -1.01. The number of hydrogen-bond donors (Lipinski definition) is 1. The molecular weight excluding hydrogens is 231 g/mol. The minimum Gasteiger partial charge on any atom is -0.382 e. The van der Waals surface area contributed by atoms with E-state index in [1.807, 2.05) is 0 Å². The predicted octanol–water partition coefficient (Wildman–Crippen LogP) is 2.58. The Bertz CT molecular complexity index is 525.